The van der Waals surface area contributed by atoms with Gasteiger partial charge in [-0.2, -0.15) is 0 Å². The van der Waals surface area contributed by atoms with Crippen LogP contribution in [0.4, 0.5) is 14.6 Å². The summed E-state index contributed by atoms with van der Waals surface area (Å²) in [6.07, 6.45) is 10.4. The van der Waals surface area contributed by atoms with Crippen molar-refractivity contribution in [3.05, 3.63) is 102 Å². The van der Waals surface area contributed by atoms with E-state index in [1.54, 1.807) is 43.0 Å². The van der Waals surface area contributed by atoms with Crippen LogP contribution in [0.15, 0.2) is 89.9 Å². The van der Waals surface area contributed by atoms with Crippen LogP contribution in [0, 0.1) is 0 Å². The second-order valence-electron chi connectivity index (χ2n) is 10.8. The summed E-state index contributed by atoms with van der Waals surface area (Å²) in [5, 5.41) is 0.885. The number of carbonyl (C=O) groups excluding carboxylic acids is 1. The number of fused-ring (bicyclic) bond motifs is 1. The molecule has 5 heterocycles. The lowest BCUT2D eigenvalue weighted by Gasteiger charge is -2.33. The quantitative estimate of drug-likeness (QED) is 0.146. The summed E-state index contributed by atoms with van der Waals surface area (Å²) in [5.74, 6) is -1.54. The number of anilines is 1. The third-order valence-electron chi connectivity index (χ3n) is 7.64. The molecule has 10 heteroatoms. The molecule has 0 atom stereocenters. The van der Waals surface area contributed by atoms with E-state index in [-0.39, 0.29) is 38.1 Å². The van der Waals surface area contributed by atoms with Crippen molar-refractivity contribution in [3.8, 4) is 22.4 Å². The Labute approximate surface area is 258 Å². The fourth-order valence-corrected chi connectivity index (χ4v) is 5.47. The minimum atomic E-state index is -2.63. The molecule has 0 spiro atoms. The van der Waals surface area contributed by atoms with Crippen molar-refractivity contribution < 1.29 is 18.0 Å². The number of pyridine rings is 3. The van der Waals surface area contributed by atoms with Crippen molar-refractivity contribution in [1.29, 1.82) is 0 Å². The van der Waals surface area contributed by atoms with Gasteiger partial charge in [-0.3, -0.25) is 14.8 Å². The second-order valence-corrected chi connectivity index (χ2v) is 11.2. The molecule has 222 valence electrons. The Morgan fingerprint density at radius 1 is 1.00 bits per heavy atom. The zero-order chi connectivity index (χ0) is 30.7. The molecule has 5 aromatic rings. The van der Waals surface area contributed by atoms with Gasteiger partial charge in [-0.25, -0.2) is 13.8 Å². The molecule has 0 radical (unpaired) electrons. The van der Waals surface area contributed by atoms with E-state index in [0.29, 0.717) is 28.6 Å². The van der Waals surface area contributed by atoms with Gasteiger partial charge in [0.2, 0.25) is 0 Å². The normalized spacial score (nSPS) is 14.7. The van der Waals surface area contributed by atoms with Gasteiger partial charge < -0.3 is 15.1 Å². The van der Waals surface area contributed by atoms with E-state index in [1.165, 1.54) is 6.08 Å². The number of hydrogen-bond donors (Lipinski definition) is 1. The van der Waals surface area contributed by atoms with Gasteiger partial charge >= 0.3 is 0 Å². The average Bonchev–Trinajstić information content (AvgIpc) is 3.46. The number of alkyl halides is 2. The zero-order valence-corrected chi connectivity index (χ0v) is 24.6. The molecule has 44 heavy (non-hydrogen) atoms. The van der Waals surface area contributed by atoms with Crippen molar-refractivity contribution in [2.75, 3.05) is 18.8 Å². The van der Waals surface area contributed by atoms with Crippen molar-refractivity contribution in [2.24, 2.45) is 0 Å². The second kappa shape index (κ2) is 12.4. The van der Waals surface area contributed by atoms with Crippen LogP contribution in [0.1, 0.15) is 36.1 Å². The lowest BCUT2D eigenvalue weighted by atomic mass is 9.99. The predicted molar refractivity (Wildman–Crippen MR) is 171 cm³/mol. The Hall–Kier alpha value is -4.83. The van der Waals surface area contributed by atoms with E-state index in [1.807, 2.05) is 47.4 Å². The number of aromatic nitrogens is 3. The fourth-order valence-electron chi connectivity index (χ4n) is 5.17. The lowest BCUT2D eigenvalue weighted by molar-refractivity contribution is -0.114. The van der Waals surface area contributed by atoms with Gasteiger partial charge in [0, 0.05) is 85.6 Å². The highest BCUT2D eigenvalue weighted by atomic mass is 32.1. The van der Waals surface area contributed by atoms with E-state index in [0.717, 1.165) is 38.9 Å². The zero-order valence-electron chi connectivity index (χ0n) is 23.7. The molecule has 1 aliphatic heterocycles. The first-order chi connectivity index (χ1) is 21.2. The summed E-state index contributed by atoms with van der Waals surface area (Å²) < 4.78 is 33.5. The van der Waals surface area contributed by atoms with E-state index >= 15 is 0 Å². The maximum Gasteiger partial charge on any atom is 0.251 e. The predicted octanol–water partition coefficient (Wildman–Crippen LogP) is 7.16. The van der Waals surface area contributed by atoms with Gasteiger partial charge in [0.1, 0.15) is 22.1 Å². The first-order valence-electron chi connectivity index (χ1n) is 14.3. The Morgan fingerprint density at radius 3 is 2.50 bits per heavy atom. The number of likely N-dealkylation sites (tertiary alicyclic amines) is 1. The third-order valence-corrected chi connectivity index (χ3v) is 8.13. The molecule has 6 rings (SSSR count). The number of furan rings is 1. The van der Waals surface area contributed by atoms with Gasteiger partial charge in [0.25, 0.3) is 5.92 Å². The van der Waals surface area contributed by atoms with Gasteiger partial charge in [-0.1, -0.05) is 12.2 Å². The standard InChI is InChI=1S/C34H29F2N5O2S/c35-34(36)11-15-41(16-12-34)33(44)24-3-7-30(39-21-24)25-17-26-18-28(43-32(26)29(19-25)23-9-13-38-14-10-23)6-5-27(42)4-1-22-2-8-31(37)40-20-22/h1-4,7-10,13-14,17-21H,5-6,11-12,15-16H2,(H2,37,40)/b4-1+. The molecule has 1 saturated heterocycles. The molecule has 1 aliphatic rings. The monoisotopic (exact) mass is 609 g/mol. The van der Waals surface area contributed by atoms with Crippen molar-refractivity contribution in [1.82, 2.24) is 19.9 Å². The first kappa shape index (κ1) is 29.3. The van der Waals surface area contributed by atoms with Gasteiger partial charge in [-0.15, -0.1) is 0 Å². The fraction of sp³-hybridized carbons (Fsp3) is 0.206. The van der Waals surface area contributed by atoms with Gasteiger partial charge in [-0.05, 0) is 77.9 Å². The van der Waals surface area contributed by atoms with E-state index in [4.69, 9.17) is 22.4 Å². The topological polar surface area (TPSA) is 98.1 Å². The van der Waals surface area contributed by atoms with Gasteiger partial charge in [0.05, 0.1) is 5.69 Å². The minimum absolute atomic E-state index is 0.0298. The Balaban J connectivity index is 1.23. The number of ketones is 1. The highest BCUT2D eigenvalue weighted by molar-refractivity contribution is 7.80. The van der Waals surface area contributed by atoms with Crippen LogP contribution in [-0.4, -0.2) is 49.6 Å². The lowest BCUT2D eigenvalue weighted by Crippen LogP contribution is -2.42. The highest BCUT2D eigenvalue weighted by Gasteiger charge is 2.34. The summed E-state index contributed by atoms with van der Waals surface area (Å²) in [6, 6.07) is 17.1. The molecule has 1 aromatic carbocycles. The summed E-state index contributed by atoms with van der Waals surface area (Å²) in [5.41, 5.74) is 11.3. The number of allylic oxidation sites excluding steroid dienone is 1. The first-order valence-corrected chi connectivity index (χ1v) is 14.7. The molecule has 0 saturated carbocycles. The SMILES string of the molecule is Nc1ccc(/C=C/C(=O)CCc2cc3cc(-c4ccc(C(=S)N5CCC(F)(F)CC5)cn4)cc(-c4ccncc4)c3o2)cn1. The number of piperidine rings is 1. The molecular formula is C34H29F2N5O2S. The summed E-state index contributed by atoms with van der Waals surface area (Å²) in [7, 11) is 0. The van der Waals surface area contributed by atoms with Crippen LogP contribution < -0.4 is 5.73 Å². The van der Waals surface area contributed by atoms with E-state index in [9.17, 15) is 13.6 Å². The molecule has 7 nitrogen and oxygen atoms in total. The minimum Gasteiger partial charge on any atom is -0.460 e. The largest absolute Gasteiger partial charge is 0.460 e. The number of nitrogen functional groups attached to an aromatic ring is 1. The number of hydrogen-bond acceptors (Lipinski definition) is 7. The number of halogens is 2. The van der Waals surface area contributed by atoms with Gasteiger partial charge in [0.15, 0.2) is 5.78 Å². The number of nitrogens with two attached hydrogens (primary N) is 1. The summed E-state index contributed by atoms with van der Waals surface area (Å²) >= 11 is 5.60. The van der Waals surface area contributed by atoms with Crippen LogP contribution in [0.2, 0.25) is 0 Å². The van der Waals surface area contributed by atoms with Crippen LogP contribution >= 0.6 is 12.2 Å². The molecule has 4 aromatic heterocycles. The molecular weight excluding hydrogens is 580 g/mol. The van der Waals surface area contributed by atoms with Crippen LogP contribution in [0.3, 0.4) is 0 Å². The maximum absolute atomic E-state index is 13.6. The van der Waals surface area contributed by atoms with E-state index < -0.39 is 5.92 Å². The summed E-state index contributed by atoms with van der Waals surface area (Å²) in [6.45, 7) is 0.453. The summed E-state index contributed by atoms with van der Waals surface area (Å²) in [4.78, 5) is 27.8. The van der Waals surface area contributed by atoms with Crippen molar-refractivity contribution in [3.63, 3.8) is 0 Å². The Bertz CT molecular complexity index is 1830. The number of benzene rings is 1. The van der Waals surface area contributed by atoms with Crippen LogP contribution in [0.25, 0.3) is 39.4 Å². The number of carbonyl (C=O) groups is 1. The third kappa shape index (κ3) is 6.70. The molecule has 0 aliphatic carbocycles. The van der Waals surface area contributed by atoms with Crippen LogP contribution in [-0.2, 0) is 11.2 Å². The number of aryl methyl sites for hydroxylation is 1. The molecule has 0 unspecified atom stereocenters. The maximum atomic E-state index is 13.6. The van der Waals surface area contributed by atoms with Crippen molar-refractivity contribution in [2.45, 2.75) is 31.6 Å². The number of thiocarbonyl (C=S) groups is 1. The van der Waals surface area contributed by atoms with Crippen LogP contribution in [0.5, 0.6) is 0 Å². The highest BCUT2D eigenvalue weighted by Crippen LogP contribution is 2.36. The van der Waals surface area contributed by atoms with E-state index in [2.05, 4.69) is 15.0 Å². The molecule has 1 fully saturated rings. The Kier molecular flexibility index (Phi) is 8.25. The molecule has 0 bridgehead atoms. The Morgan fingerprint density at radius 2 is 1.80 bits per heavy atom. The van der Waals surface area contributed by atoms with Crippen molar-refractivity contribution >= 4 is 45.9 Å². The smallest absolute Gasteiger partial charge is 0.251 e. The number of nitrogens with zero attached hydrogens (tertiary/aromatic N) is 4. The number of rotatable bonds is 8. The molecule has 2 N–H and O–H groups in total. The molecule has 0 amide bonds. The average molecular weight is 610 g/mol.